The van der Waals surface area contributed by atoms with Crippen LogP contribution in [0, 0.1) is 11.3 Å². The third-order valence-electron chi connectivity index (χ3n) is 5.48. The van der Waals surface area contributed by atoms with Gasteiger partial charge in [-0.05, 0) is 30.2 Å². The van der Waals surface area contributed by atoms with E-state index in [1.165, 1.54) is 6.20 Å². The number of anilines is 1. The number of hydrogen-bond donors (Lipinski definition) is 3. The van der Waals surface area contributed by atoms with Gasteiger partial charge in [-0.1, -0.05) is 12.1 Å². The molecule has 154 valence electrons. The molecule has 1 aliphatic heterocycles. The zero-order chi connectivity index (χ0) is 21.1. The lowest BCUT2D eigenvalue weighted by Crippen LogP contribution is -2.47. The minimum Gasteiger partial charge on any atom is -0.378 e. The molecule has 0 bridgehead atoms. The van der Waals surface area contributed by atoms with Gasteiger partial charge in [0.15, 0.2) is 0 Å². The van der Waals surface area contributed by atoms with Crippen LogP contribution in [0.25, 0.3) is 11.0 Å². The second-order valence-corrected chi connectivity index (χ2v) is 7.47. The van der Waals surface area contributed by atoms with Crippen LogP contribution in [-0.4, -0.2) is 53.1 Å². The number of fused-ring (bicyclic) bond motifs is 1. The highest BCUT2D eigenvalue weighted by Gasteiger charge is 2.30. The lowest BCUT2D eigenvalue weighted by atomic mass is 10.0. The van der Waals surface area contributed by atoms with E-state index in [-0.39, 0.29) is 12.5 Å². The molecule has 1 saturated heterocycles. The molecule has 8 heteroatoms. The molecule has 1 amide bonds. The van der Waals surface area contributed by atoms with Crippen molar-refractivity contribution in [2.75, 3.05) is 25.5 Å². The molecule has 1 fully saturated rings. The average molecular weight is 406 g/mol. The fourth-order valence-electron chi connectivity index (χ4n) is 3.93. The number of aromatic amines is 1. The summed E-state index contributed by atoms with van der Waals surface area (Å²) in [6.07, 6.45) is 2.75. The maximum atomic E-state index is 15.1. The van der Waals surface area contributed by atoms with Crippen molar-refractivity contribution in [3.05, 3.63) is 59.4 Å². The van der Waals surface area contributed by atoms with Gasteiger partial charge < -0.3 is 15.6 Å². The molecule has 1 aliphatic rings. The van der Waals surface area contributed by atoms with Crippen molar-refractivity contribution in [1.29, 1.82) is 5.26 Å². The number of nitriles is 1. The molecule has 0 spiro atoms. The number of aromatic nitrogens is 2. The van der Waals surface area contributed by atoms with E-state index in [0.29, 0.717) is 42.0 Å². The van der Waals surface area contributed by atoms with Gasteiger partial charge in [0, 0.05) is 44.5 Å². The van der Waals surface area contributed by atoms with Crippen LogP contribution in [0.2, 0.25) is 0 Å². The van der Waals surface area contributed by atoms with Gasteiger partial charge >= 0.3 is 0 Å². The first-order chi connectivity index (χ1) is 14.6. The van der Waals surface area contributed by atoms with E-state index >= 15 is 4.39 Å². The number of nitrogens with one attached hydrogen (secondary N) is 3. The zero-order valence-corrected chi connectivity index (χ0v) is 16.7. The summed E-state index contributed by atoms with van der Waals surface area (Å²) in [5.74, 6) is -0.265. The van der Waals surface area contributed by atoms with E-state index in [9.17, 15) is 4.79 Å². The highest BCUT2D eigenvalue weighted by molar-refractivity contribution is 6.06. The first-order valence-corrected chi connectivity index (χ1v) is 9.89. The number of amides is 1. The van der Waals surface area contributed by atoms with Gasteiger partial charge in [0.25, 0.3) is 5.91 Å². The van der Waals surface area contributed by atoms with Crippen molar-refractivity contribution in [1.82, 2.24) is 20.2 Å². The number of H-pyrrole nitrogens is 1. The van der Waals surface area contributed by atoms with Crippen molar-refractivity contribution in [2.24, 2.45) is 0 Å². The molecule has 3 heterocycles. The number of halogens is 1. The van der Waals surface area contributed by atoms with E-state index in [4.69, 9.17) is 5.26 Å². The number of piperidine rings is 1. The lowest BCUT2D eigenvalue weighted by Gasteiger charge is -2.36. The molecular weight excluding hydrogens is 383 g/mol. The first kappa shape index (κ1) is 19.9. The van der Waals surface area contributed by atoms with Crippen LogP contribution < -0.4 is 10.6 Å². The maximum Gasteiger partial charge on any atom is 0.254 e. The summed E-state index contributed by atoms with van der Waals surface area (Å²) in [4.78, 5) is 21.7. The van der Waals surface area contributed by atoms with Crippen molar-refractivity contribution in [3.8, 4) is 6.07 Å². The van der Waals surface area contributed by atoms with Crippen LogP contribution in [0.5, 0.6) is 0 Å². The quantitative estimate of drug-likeness (QED) is 0.605. The number of alkyl halides is 1. The third kappa shape index (κ3) is 3.98. The number of carbonyl (C=O) groups excluding carboxylic acids is 1. The van der Waals surface area contributed by atoms with Crippen LogP contribution >= 0.6 is 0 Å². The zero-order valence-electron chi connectivity index (χ0n) is 16.7. The highest BCUT2D eigenvalue weighted by Crippen LogP contribution is 2.29. The van der Waals surface area contributed by atoms with Gasteiger partial charge in [-0.3, -0.25) is 9.69 Å². The van der Waals surface area contributed by atoms with Gasteiger partial charge in [0.05, 0.1) is 28.9 Å². The maximum absolute atomic E-state index is 15.1. The Balaban J connectivity index is 1.49. The minimum absolute atomic E-state index is 0.265. The summed E-state index contributed by atoms with van der Waals surface area (Å²) < 4.78 is 15.1. The Labute approximate surface area is 173 Å². The summed E-state index contributed by atoms with van der Waals surface area (Å²) in [7, 11) is 1.56. The summed E-state index contributed by atoms with van der Waals surface area (Å²) in [5.41, 5.74) is 3.25. The normalized spacial score (nSPS) is 19.4. The predicted molar refractivity (Wildman–Crippen MR) is 113 cm³/mol. The number of nitrogens with zero attached hydrogens (tertiary/aromatic N) is 3. The van der Waals surface area contributed by atoms with Crippen LogP contribution in [0.3, 0.4) is 0 Å². The molecule has 2 aromatic heterocycles. The van der Waals surface area contributed by atoms with E-state index in [0.717, 1.165) is 10.9 Å². The van der Waals surface area contributed by atoms with E-state index in [1.54, 1.807) is 19.3 Å². The summed E-state index contributed by atoms with van der Waals surface area (Å²) in [6.45, 7) is 1.60. The monoisotopic (exact) mass is 406 g/mol. The SMILES string of the molecule is CNC(=O)c1cnc2[nH]ccc2c1N[C@H]1CCN(Cc2cccc(C#N)c2)C[C@H]1F. The fraction of sp³-hybridized carbons (Fsp3) is 0.318. The van der Waals surface area contributed by atoms with E-state index < -0.39 is 12.2 Å². The van der Waals surface area contributed by atoms with E-state index in [1.807, 2.05) is 24.3 Å². The van der Waals surface area contributed by atoms with Crippen LogP contribution in [0.4, 0.5) is 10.1 Å². The van der Waals surface area contributed by atoms with Crippen molar-refractivity contribution in [2.45, 2.75) is 25.2 Å². The molecule has 0 unspecified atom stereocenters. The third-order valence-corrected chi connectivity index (χ3v) is 5.48. The van der Waals surface area contributed by atoms with Gasteiger partial charge in [0.2, 0.25) is 0 Å². The summed E-state index contributed by atoms with van der Waals surface area (Å²) in [6, 6.07) is 11.0. The number of rotatable bonds is 5. The average Bonchev–Trinajstić information content (AvgIpc) is 3.24. The Morgan fingerprint density at radius 2 is 2.30 bits per heavy atom. The van der Waals surface area contributed by atoms with Gasteiger partial charge in [0.1, 0.15) is 11.8 Å². The number of carbonyl (C=O) groups is 1. The van der Waals surface area contributed by atoms with E-state index in [2.05, 4.69) is 31.6 Å². The summed E-state index contributed by atoms with van der Waals surface area (Å²) in [5, 5.41) is 15.7. The Hall–Kier alpha value is -3.44. The minimum atomic E-state index is -1.10. The molecular formula is C22H23FN6O. The molecule has 4 rings (SSSR count). The summed E-state index contributed by atoms with van der Waals surface area (Å²) >= 11 is 0. The Morgan fingerprint density at radius 3 is 3.07 bits per heavy atom. The van der Waals surface area contributed by atoms with Crippen LogP contribution in [0.1, 0.15) is 27.9 Å². The molecule has 3 aromatic rings. The van der Waals surface area contributed by atoms with Crippen molar-refractivity contribution in [3.63, 3.8) is 0 Å². The van der Waals surface area contributed by atoms with Gasteiger partial charge in [-0.25, -0.2) is 9.37 Å². The Morgan fingerprint density at radius 1 is 1.43 bits per heavy atom. The van der Waals surface area contributed by atoms with Crippen molar-refractivity contribution < 1.29 is 9.18 Å². The Kier molecular flexibility index (Phi) is 5.63. The number of benzene rings is 1. The Bertz CT molecular complexity index is 1100. The van der Waals surface area contributed by atoms with Crippen LogP contribution in [0.15, 0.2) is 42.7 Å². The second kappa shape index (κ2) is 8.51. The molecule has 2 atom stereocenters. The van der Waals surface area contributed by atoms with Gasteiger partial charge in [-0.15, -0.1) is 0 Å². The van der Waals surface area contributed by atoms with Gasteiger partial charge in [-0.2, -0.15) is 5.26 Å². The van der Waals surface area contributed by atoms with Crippen molar-refractivity contribution >= 4 is 22.6 Å². The molecule has 3 N–H and O–H groups in total. The molecule has 30 heavy (non-hydrogen) atoms. The highest BCUT2D eigenvalue weighted by atomic mass is 19.1. The standard InChI is InChI=1S/C22H23FN6O/c1-25-22(30)17-11-27-21-16(5-7-26-21)20(17)28-19-6-8-29(13-18(19)23)12-15-4-2-3-14(9-15)10-24/h2-5,7,9,11,18-19H,6,8,12-13H2,1H3,(H,25,30)(H2,26,27,28)/t18-,19+/m1/s1. The number of likely N-dealkylation sites (tertiary alicyclic amines) is 1. The first-order valence-electron chi connectivity index (χ1n) is 9.89. The lowest BCUT2D eigenvalue weighted by molar-refractivity contribution is 0.0962. The fourth-order valence-corrected chi connectivity index (χ4v) is 3.93. The molecule has 0 radical (unpaired) electrons. The number of pyridine rings is 1. The molecule has 0 aliphatic carbocycles. The molecule has 1 aromatic carbocycles. The smallest absolute Gasteiger partial charge is 0.254 e. The molecule has 0 saturated carbocycles. The largest absolute Gasteiger partial charge is 0.378 e. The predicted octanol–water partition coefficient (Wildman–Crippen LogP) is 2.82. The topological polar surface area (TPSA) is 96.8 Å². The second-order valence-electron chi connectivity index (χ2n) is 7.47. The molecule has 7 nitrogen and oxygen atoms in total. The van der Waals surface area contributed by atoms with Crippen LogP contribution in [-0.2, 0) is 6.54 Å². The number of hydrogen-bond acceptors (Lipinski definition) is 5.